The molecule has 2 aromatic carbocycles. The second-order valence-electron chi connectivity index (χ2n) is 6.38. The molecule has 3 rings (SSSR count). The maximum Gasteiger partial charge on any atom is 0.329 e. The standard InChI is InChI=1S/C20H24N4O2/c1-22(16-9-4-3-5-10-16)14-8-13-21-19(25)15-24-18-12-7-6-11-17(18)23(2)20(24)26/h3-7,9-12H,8,13-15H2,1-2H3,(H,21,25). The van der Waals surface area contributed by atoms with Gasteiger partial charge in [-0.1, -0.05) is 30.3 Å². The third-order valence-electron chi connectivity index (χ3n) is 4.54. The maximum absolute atomic E-state index is 12.3. The lowest BCUT2D eigenvalue weighted by Crippen LogP contribution is -2.34. The lowest BCUT2D eigenvalue weighted by Gasteiger charge is -2.19. The highest BCUT2D eigenvalue weighted by Gasteiger charge is 2.12. The minimum Gasteiger partial charge on any atom is -0.375 e. The van der Waals surface area contributed by atoms with Crippen molar-refractivity contribution in [3.63, 3.8) is 0 Å². The minimum atomic E-state index is -0.176. The molecule has 1 heterocycles. The molecule has 1 amide bonds. The van der Waals surface area contributed by atoms with Crippen molar-refractivity contribution in [2.24, 2.45) is 7.05 Å². The van der Waals surface area contributed by atoms with Gasteiger partial charge in [0.05, 0.1) is 11.0 Å². The van der Waals surface area contributed by atoms with Gasteiger partial charge in [-0.3, -0.25) is 13.9 Å². The number of carbonyl (C=O) groups is 1. The number of aryl methyl sites for hydroxylation is 1. The number of nitrogens with one attached hydrogen (secondary N) is 1. The molecule has 0 radical (unpaired) electrons. The third-order valence-corrected chi connectivity index (χ3v) is 4.54. The molecule has 3 aromatic rings. The van der Waals surface area contributed by atoms with Gasteiger partial charge in [0.15, 0.2) is 0 Å². The topological polar surface area (TPSA) is 59.3 Å². The van der Waals surface area contributed by atoms with Crippen molar-refractivity contribution in [2.75, 3.05) is 25.0 Å². The molecule has 0 unspecified atom stereocenters. The first-order valence-electron chi connectivity index (χ1n) is 8.75. The van der Waals surface area contributed by atoms with Crippen molar-refractivity contribution in [3.8, 4) is 0 Å². The highest BCUT2D eigenvalue weighted by molar-refractivity contribution is 5.80. The van der Waals surface area contributed by atoms with Crippen molar-refractivity contribution in [1.29, 1.82) is 0 Å². The lowest BCUT2D eigenvalue weighted by atomic mass is 10.3. The van der Waals surface area contributed by atoms with E-state index in [2.05, 4.69) is 22.3 Å². The summed E-state index contributed by atoms with van der Waals surface area (Å²) in [4.78, 5) is 26.7. The van der Waals surface area contributed by atoms with Gasteiger partial charge in [-0.25, -0.2) is 4.79 Å². The SMILES string of the molecule is CN(CCCNC(=O)Cn1c(=O)n(C)c2ccccc21)c1ccccc1. The zero-order valence-corrected chi connectivity index (χ0v) is 15.2. The fraction of sp³-hybridized carbons (Fsp3) is 0.300. The highest BCUT2D eigenvalue weighted by Crippen LogP contribution is 2.12. The number of benzene rings is 2. The van der Waals surface area contributed by atoms with E-state index in [0.717, 1.165) is 29.7 Å². The van der Waals surface area contributed by atoms with Gasteiger partial charge in [0.1, 0.15) is 6.54 Å². The number of fused-ring (bicyclic) bond motifs is 1. The van der Waals surface area contributed by atoms with E-state index in [9.17, 15) is 9.59 Å². The van der Waals surface area contributed by atoms with Crippen LogP contribution in [0.25, 0.3) is 11.0 Å². The molecule has 0 aliphatic heterocycles. The van der Waals surface area contributed by atoms with Crippen LogP contribution in [0, 0.1) is 0 Å². The average Bonchev–Trinajstić information content (AvgIpc) is 2.91. The Bertz CT molecular complexity index is 943. The molecule has 136 valence electrons. The van der Waals surface area contributed by atoms with Gasteiger partial charge in [0.2, 0.25) is 5.91 Å². The predicted molar refractivity (Wildman–Crippen MR) is 105 cm³/mol. The Hall–Kier alpha value is -3.02. The monoisotopic (exact) mass is 352 g/mol. The molecular formula is C20H24N4O2. The summed E-state index contributed by atoms with van der Waals surface area (Å²) in [5.74, 6) is -0.147. The van der Waals surface area contributed by atoms with Crippen molar-refractivity contribution >= 4 is 22.6 Å². The van der Waals surface area contributed by atoms with Crippen LogP contribution in [0.2, 0.25) is 0 Å². The number of rotatable bonds is 7. The Labute approximate surface area is 152 Å². The average molecular weight is 352 g/mol. The molecule has 0 aliphatic carbocycles. The van der Waals surface area contributed by atoms with E-state index >= 15 is 0 Å². The highest BCUT2D eigenvalue weighted by atomic mass is 16.2. The first-order valence-corrected chi connectivity index (χ1v) is 8.75. The van der Waals surface area contributed by atoms with Crippen LogP contribution in [-0.4, -0.2) is 35.2 Å². The minimum absolute atomic E-state index is 0.0364. The van der Waals surface area contributed by atoms with E-state index < -0.39 is 0 Å². The van der Waals surface area contributed by atoms with Crippen LogP contribution in [0.4, 0.5) is 5.69 Å². The number of amides is 1. The molecule has 6 heteroatoms. The number of imidazole rings is 1. The van der Waals surface area contributed by atoms with Gasteiger partial charge < -0.3 is 10.2 Å². The summed E-state index contributed by atoms with van der Waals surface area (Å²) in [6.07, 6.45) is 0.835. The van der Waals surface area contributed by atoms with Crippen LogP contribution in [-0.2, 0) is 18.4 Å². The van der Waals surface area contributed by atoms with E-state index in [1.54, 1.807) is 11.6 Å². The van der Waals surface area contributed by atoms with Gasteiger partial charge in [-0.15, -0.1) is 0 Å². The van der Waals surface area contributed by atoms with E-state index in [1.807, 2.05) is 49.5 Å². The summed E-state index contributed by atoms with van der Waals surface area (Å²) < 4.78 is 3.08. The number of hydrogen-bond acceptors (Lipinski definition) is 3. The molecule has 0 saturated heterocycles. The quantitative estimate of drug-likeness (QED) is 0.662. The number of aromatic nitrogens is 2. The molecular weight excluding hydrogens is 328 g/mol. The van der Waals surface area contributed by atoms with E-state index in [1.165, 1.54) is 4.57 Å². The molecule has 0 spiro atoms. The van der Waals surface area contributed by atoms with Crippen molar-refractivity contribution in [1.82, 2.24) is 14.5 Å². The molecule has 6 nitrogen and oxygen atoms in total. The van der Waals surface area contributed by atoms with E-state index in [-0.39, 0.29) is 18.1 Å². The zero-order valence-electron chi connectivity index (χ0n) is 15.2. The van der Waals surface area contributed by atoms with Gasteiger partial charge in [-0.05, 0) is 30.7 Å². The Morgan fingerprint density at radius 2 is 1.69 bits per heavy atom. The van der Waals surface area contributed by atoms with E-state index in [0.29, 0.717) is 6.54 Å². The van der Waals surface area contributed by atoms with Gasteiger partial charge in [0, 0.05) is 32.9 Å². The number of hydrogen-bond donors (Lipinski definition) is 1. The number of nitrogens with zero attached hydrogens (tertiary/aromatic N) is 3. The first-order chi connectivity index (χ1) is 12.6. The van der Waals surface area contributed by atoms with Gasteiger partial charge in [0.25, 0.3) is 0 Å². The molecule has 0 atom stereocenters. The smallest absolute Gasteiger partial charge is 0.329 e. The summed E-state index contributed by atoms with van der Waals surface area (Å²) in [6, 6.07) is 17.6. The molecule has 1 N–H and O–H groups in total. The van der Waals surface area contributed by atoms with Crippen molar-refractivity contribution in [3.05, 3.63) is 65.1 Å². The second-order valence-corrected chi connectivity index (χ2v) is 6.38. The van der Waals surface area contributed by atoms with E-state index in [4.69, 9.17) is 0 Å². The van der Waals surface area contributed by atoms with Crippen molar-refractivity contribution < 1.29 is 4.79 Å². The van der Waals surface area contributed by atoms with Crippen LogP contribution >= 0.6 is 0 Å². The Balaban J connectivity index is 1.52. The predicted octanol–water partition coefficient (Wildman–Crippen LogP) is 1.98. The molecule has 0 aliphatic rings. The van der Waals surface area contributed by atoms with Crippen LogP contribution in [0.3, 0.4) is 0 Å². The van der Waals surface area contributed by atoms with Gasteiger partial charge in [-0.2, -0.15) is 0 Å². The third kappa shape index (κ3) is 3.79. The largest absolute Gasteiger partial charge is 0.375 e. The summed E-state index contributed by atoms with van der Waals surface area (Å²) in [5.41, 5.74) is 2.58. The fourth-order valence-corrected chi connectivity index (χ4v) is 3.07. The molecule has 1 aromatic heterocycles. The molecule has 0 bridgehead atoms. The fourth-order valence-electron chi connectivity index (χ4n) is 3.07. The maximum atomic E-state index is 12.3. The normalized spacial score (nSPS) is 10.8. The molecule has 0 fully saturated rings. The summed E-state index contributed by atoms with van der Waals surface area (Å²) in [7, 11) is 3.76. The summed E-state index contributed by atoms with van der Waals surface area (Å²) in [5, 5.41) is 2.90. The number of carbonyl (C=O) groups excluding carboxylic acids is 1. The number of anilines is 1. The van der Waals surface area contributed by atoms with Crippen molar-refractivity contribution in [2.45, 2.75) is 13.0 Å². The lowest BCUT2D eigenvalue weighted by molar-refractivity contribution is -0.121. The molecule has 0 saturated carbocycles. The van der Waals surface area contributed by atoms with Crippen LogP contribution in [0.15, 0.2) is 59.4 Å². The Morgan fingerprint density at radius 3 is 2.42 bits per heavy atom. The second kappa shape index (κ2) is 7.91. The summed E-state index contributed by atoms with van der Waals surface area (Å²) >= 11 is 0. The Morgan fingerprint density at radius 1 is 1.04 bits per heavy atom. The summed E-state index contributed by atoms with van der Waals surface area (Å²) in [6.45, 7) is 1.46. The zero-order chi connectivity index (χ0) is 18.5. The van der Waals surface area contributed by atoms with Crippen LogP contribution in [0.5, 0.6) is 0 Å². The van der Waals surface area contributed by atoms with Gasteiger partial charge >= 0.3 is 5.69 Å². The van der Waals surface area contributed by atoms with Crippen LogP contribution in [0.1, 0.15) is 6.42 Å². The number of para-hydroxylation sites is 3. The molecule has 26 heavy (non-hydrogen) atoms. The van der Waals surface area contributed by atoms with Crippen LogP contribution < -0.4 is 15.9 Å². The Kier molecular flexibility index (Phi) is 5.41. The first kappa shape index (κ1) is 17.8.